The lowest BCUT2D eigenvalue weighted by Gasteiger charge is -2.20. The van der Waals surface area contributed by atoms with E-state index >= 15 is 0 Å². The summed E-state index contributed by atoms with van der Waals surface area (Å²) in [5.74, 6) is 0.116. The van der Waals surface area contributed by atoms with Gasteiger partial charge in [-0.05, 0) is 12.1 Å². The van der Waals surface area contributed by atoms with Gasteiger partial charge in [-0.15, -0.1) is 0 Å². The lowest BCUT2D eigenvalue weighted by Crippen LogP contribution is -2.37. The van der Waals surface area contributed by atoms with Gasteiger partial charge in [0.2, 0.25) is 0 Å². The number of nitrogen functional groups attached to an aromatic ring is 2. The summed E-state index contributed by atoms with van der Waals surface area (Å²) >= 11 is 0. The zero-order chi connectivity index (χ0) is 29.8. The van der Waals surface area contributed by atoms with Crippen LogP contribution in [0.15, 0.2) is 34.1 Å². The summed E-state index contributed by atoms with van der Waals surface area (Å²) in [6, 6.07) is 2.80. The number of aromatic nitrogens is 4. The fourth-order valence-corrected chi connectivity index (χ4v) is 4.34. The molecular weight excluding hydrogens is 563 g/mol. The second-order valence-corrected chi connectivity index (χ2v) is 10.2. The summed E-state index contributed by atoms with van der Waals surface area (Å²) in [4.78, 5) is 48.2. The molecule has 8 atom stereocenters. The maximum absolute atomic E-state index is 11.8. The van der Waals surface area contributed by atoms with Crippen molar-refractivity contribution in [2.75, 3.05) is 38.6 Å². The third-order valence-electron chi connectivity index (χ3n) is 5.87. The summed E-state index contributed by atoms with van der Waals surface area (Å²) in [5, 5.41) is 29.0. The maximum Gasteiger partial charge on any atom is 0.351 e. The van der Waals surface area contributed by atoms with Crippen LogP contribution in [0.1, 0.15) is 12.5 Å². The molecule has 4 rings (SSSR count). The van der Waals surface area contributed by atoms with Crippen molar-refractivity contribution in [1.29, 1.82) is 0 Å². The van der Waals surface area contributed by atoms with Gasteiger partial charge in [-0.2, -0.15) is 9.97 Å². The van der Waals surface area contributed by atoms with E-state index in [1.54, 1.807) is 0 Å². The minimum absolute atomic E-state index is 0.0167. The van der Waals surface area contributed by atoms with E-state index in [0.29, 0.717) is 0 Å². The van der Waals surface area contributed by atoms with E-state index in [9.17, 15) is 24.4 Å². The Labute approximate surface area is 225 Å². The Kier molecular flexibility index (Phi) is 10.5. The number of aliphatic hydroxyl groups excluding tert-OH is 3. The molecule has 2 fully saturated rings. The SMILES string of the molecule is CO[C@H]1C(O)[C@@H](CO)O[C@H]1n1ccc(N)nc1=O.CO[C@H]1C(O)[C@@H](OCP(=O)(O)O)O[C@H]1n1ccc(N)nc1=O. The number of hydrogen-bond donors (Lipinski definition) is 7. The number of methoxy groups -OCH3 is 2. The number of anilines is 2. The zero-order valence-corrected chi connectivity index (χ0v) is 22.1. The minimum Gasteiger partial charge on any atom is -0.394 e. The summed E-state index contributed by atoms with van der Waals surface area (Å²) in [5.41, 5.74) is 9.44. The van der Waals surface area contributed by atoms with E-state index in [2.05, 4.69) is 9.97 Å². The van der Waals surface area contributed by atoms with Gasteiger partial charge in [0.15, 0.2) is 25.1 Å². The molecule has 0 radical (unpaired) electrons. The highest BCUT2D eigenvalue weighted by Gasteiger charge is 2.47. The van der Waals surface area contributed by atoms with Crippen molar-refractivity contribution < 1.29 is 53.4 Å². The first-order valence-electron chi connectivity index (χ1n) is 11.5. The van der Waals surface area contributed by atoms with Crippen LogP contribution in [0.5, 0.6) is 0 Å². The molecule has 224 valence electrons. The van der Waals surface area contributed by atoms with Crippen LogP contribution in [-0.4, -0.2) is 108 Å². The highest BCUT2D eigenvalue weighted by atomic mass is 31.2. The van der Waals surface area contributed by atoms with Gasteiger partial charge in [-0.25, -0.2) is 9.59 Å². The maximum atomic E-state index is 11.8. The number of nitrogens with zero attached hydrogens (tertiary/aromatic N) is 4. The van der Waals surface area contributed by atoms with Crippen molar-refractivity contribution in [1.82, 2.24) is 19.1 Å². The molecule has 2 saturated heterocycles. The number of ether oxygens (including phenoxy) is 5. The van der Waals surface area contributed by atoms with E-state index < -0.39 is 74.6 Å². The summed E-state index contributed by atoms with van der Waals surface area (Å²) in [6.07, 6.45) is -6.45. The largest absolute Gasteiger partial charge is 0.394 e. The van der Waals surface area contributed by atoms with Gasteiger partial charge >= 0.3 is 19.0 Å². The van der Waals surface area contributed by atoms with Crippen LogP contribution in [-0.2, 0) is 28.2 Å². The van der Waals surface area contributed by atoms with Gasteiger partial charge in [-0.3, -0.25) is 13.7 Å². The predicted octanol–water partition coefficient (Wildman–Crippen LogP) is -3.70. The molecule has 2 aromatic heterocycles. The molecule has 0 amide bonds. The van der Waals surface area contributed by atoms with E-state index in [4.69, 9.17) is 50.0 Å². The Morgan fingerprint density at radius 3 is 1.82 bits per heavy atom. The normalized spacial score (nSPS) is 30.2. The molecule has 40 heavy (non-hydrogen) atoms. The van der Waals surface area contributed by atoms with Crippen LogP contribution in [0.4, 0.5) is 11.6 Å². The smallest absolute Gasteiger partial charge is 0.351 e. The van der Waals surface area contributed by atoms with Gasteiger partial charge in [0, 0.05) is 26.6 Å². The lowest BCUT2D eigenvalue weighted by atomic mass is 10.1. The Balaban J connectivity index is 0.000000225. The molecule has 4 heterocycles. The van der Waals surface area contributed by atoms with Crippen molar-refractivity contribution >= 4 is 19.2 Å². The van der Waals surface area contributed by atoms with Crippen molar-refractivity contribution in [3.8, 4) is 0 Å². The van der Waals surface area contributed by atoms with Crippen molar-refractivity contribution in [3.05, 3.63) is 45.5 Å². The fourth-order valence-electron chi connectivity index (χ4n) is 3.99. The minimum atomic E-state index is -4.43. The van der Waals surface area contributed by atoms with Crippen LogP contribution in [0.3, 0.4) is 0 Å². The number of aliphatic hydroxyl groups is 3. The van der Waals surface area contributed by atoms with Crippen LogP contribution < -0.4 is 22.8 Å². The molecule has 9 N–H and O–H groups in total. The first-order chi connectivity index (χ1) is 18.8. The topological polar surface area (TPSA) is 286 Å². The summed E-state index contributed by atoms with van der Waals surface area (Å²) in [6.45, 7) is -0.366. The van der Waals surface area contributed by atoms with Crippen LogP contribution >= 0.6 is 7.60 Å². The highest BCUT2D eigenvalue weighted by molar-refractivity contribution is 7.51. The Hall–Kier alpha value is -2.81. The van der Waals surface area contributed by atoms with Crippen molar-refractivity contribution in [2.24, 2.45) is 0 Å². The van der Waals surface area contributed by atoms with Gasteiger partial charge < -0.3 is 60.3 Å². The molecule has 0 saturated carbocycles. The fraction of sp³-hybridized carbons (Fsp3) is 0.600. The van der Waals surface area contributed by atoms with Crippen LogP contribution in [0.2, 0.25) is 0 Å². The molecule has 0 aliphatic carbocycles. The third kappa shape index (κ3) is 7.28. The average molecular weight is 594 g/mol. The van der Waals surface area contributed by atoms with E-state index in [1.807, 2.05) is 0 Å². The Bertz CT molecular complexity index is 1300. The van der Waals surface area contributed by atoms with Gasteiger partial charge in [0.25, 0.3) is 0 Å². The molecule has 2 aliphatic heterocycles. The molecule has 2 aromatic rings. The van der Waals surface area contributed by atoms with Crippen molar-refractivity contribution in [2.45, 2.75) is 49.3 Å². The third-order valence-corrected chi connectivity index (χ3v) is 6.35. The second-order valence-electron chi connectivity index (χ2n) is 8.57. The second kappa shape index (κ2) is 13.2. The van der Waals surface area contributed by atoms with E-state index in [0.717, 1.165) is 4.57 Å². The molecule has 2 unspecified atom stereocenters. The standard InChI is InChI=1S/C10H16N3O8P.C10H15N3O5/c1-19-7-6(14)9(20-4-22(16,17)18)21-8(7)13-3-2-5(11)12-10(13)15;1-17-8-7(15)5(4-14)18-9(8)13-3-2-6(11)12-10(13)16/h2-3,6-9,14H,4H2,1H3,(H2,11,12,15)(H2,16,17,18);2-3,5,7-9,14-15H,4H2,1H3,(H2,11,12,16)/t6?,7-,8+,9-;5-,7?,8+,9-/m01/s1. The number of hydrogen-bond acceptors (Lipinski definition) is 15. The van der Waals surface area contributed by atoms with Gasteiger partial charge in [0.1, 0.15) is 42.2 Å². The highest BCUT2D eigenvalue weighted by Crippen LogP contribution is 2.38. The average Bonchev–Trinajstić information content (AvgIpc) is 3.37. The molecule has 2 aliphatic rings. The number of nitrogens with two attached hydrogens (primary N) is 2. The molecule has 0 spiro atoms. The Morgan fingerprint density at radius 2 is 1.40 bits per heavy atom. The summed E-state index contributed by atoms with van der Waals surface area (Å²) in [7, 11) is -1.76. The molecule has 19 nitrogen and oxygen atoms in total. The zero-order valence-electron chi connectivity index (χ0n) is 21.2. The molecule has 20 heteroatoms. The van der Waals surface area contributed by atoms with E-state index in [-0.39, 0.29) is 18.2 Å². The predicted molar refractivity (Wildman–Crippen MR) is 132 cm³/mol. The number of rotatable bonds is 8. The first kappa shape index (κ1) is 31.7. The molecule has 0 aromatic carbocycles. The monoisotopic (exact) mass is 594 g/mol. The van der Waals surface area contributed by atoms with Gasteiger partial charge in [-0.1, -0.05) is 0 Å². The summed E-state index contributed by atoms with van der Waals surface area (Å²) < 4.78 is 38.8. The van der Waals surface area contributed by atoms with Crippen molar-refractivity contribution in [3.63, 3.8) is 0 Å². The molecular formula is C20H31N6O13P. The first-order valence-corrected chi connectivity index (χ1v) is 13.3. The van der Waals surface area contributed by atoms with Gasteiger partial charge in [0.05, 0.1) is 6.61 Å². The van der Waals surface area contributed by atoms with Crippen LogP contribution in [0.25, 0.3) is 0 Å². The Morgan fingerprint density at radius 1 is 0.925 bits per heavy atom. The lowest BCUT2D eigenvalue weighted by molar-refractivity contribution is -0.168. The quantitative estimate of drug-likeness (QED) is 0.145. The van der Waals surface area contributed by atoms with Crippen LogP contribution in [0, 0.1) is 0 Å². The van der Waals surface area contributed by atoms with E-state index in [1.165, 1.54) is 43.3 Å². The molecule has 0 bridgehead atoms.